The lowest BCUT2D eigenvalue weighted by molar-refractivity contribution is 0.296. The maximum Gasteiger partial charge on any atom is 0.113 e. The van der Waals surface area contributed by atoms with Crippen LogP contribution in [0.15, 0.2) is 0 Å². The fourth-order valence-corrected chi connectivity index (χ4v) is 2.51. The van der Waals surface area contributed by atoms with Gasteiger partial charge in [-0.1, -0.05) is 23.2 Å². The molecule has 0 aliphatic heterocycles. The molecule has 5 heteroatoms. The fraction of sp³-hybridized carbons (Fsp3) is 0.600. The van der Waals surface area contributed by atoms with Crippen molar-refractivity contribution in [2.24, 2.45) is 0 Å². The minimum absolute atomic E-state index is 0.0196. The lowest BCUT2D eigenvalue weighted by atomic mass is 10.2. The summed E-state index contributed by atoms with van der Waals surface area (Å²) in [6, 6.07) is 0. The molecule has 0 unspecified atom stereocenters. The molecule has 1 aromatic rings. The number of halogens is 2. The Kier molecular flexibility index (Phi) is 4.93. The Morgan fingerprint density at radius 2 is 1.73 bits per heavy atom. The van der Waals surface area contributed by atoms with Crippen LogP contribution < -0.4 is 0 Å². The van der Waals surface area contributed by atoms with Crippen molar-refractivity contribution in [2.75, 3.05) is 13.2 Å². The van der Waals surface area contributed by atoms with Gasteiger partial charge >= 0.3 is 0 Å². The average Bonchev–Trinajstić information content (AvgIpc) is 2.44. The molecule has 0 saturated heterocycles. The number of hydrogen-bond donors (Lipinski definition) is 2. The molecule has 0 aliphatic rings. The normalized spacial score (nSPS) is 11.0. The largest absolute Gasteiger partial charge is 0.396 e. The summed E-state index contributed by atoms with van der Waals surface area (Å²) in [5, 5.41) is 19.0. The van der Waals surface area contributed by atoms with E-state index in [2.05, 4.69) is 0 Å². The minimum atomic E-state index is 0.0196. The Bertz CT molecular complexity index is 337. The van der Waals surface area contributed by atoms with Gasteiger partial charge in [-0.25, -0.2) is 0 Å². The van der Waals surface area contributed by atoms with Crippen molar-refractivity contribution in [3.63, 3.8) is 0 Å². The van der Waals surface area contributed by atoms with Gasteiger partial charge in [0.15, 0.2) is 0 Å². The van der Waals surface area contributed by atoms with Crippen molar-refractivity contribution in [1.29, 1.82) is 0 Å². The van der Waals surface area contributed by atoms with E-state index < -0.39 is 0 Å². The van der Waals surface area contributed by atoms with Gasteiger partial charge < -0.3 is 14.8 Å². The first kappa shape index (κ1) is 12.8. The highest BCUT2D eigenvalue weighted by Gasteiger charge is 2.18. The zero-order chi connectivity index (χ0) is 11.4. The first-order valence-corrected chi connectivity index (χ1v) is 5.69. The standard InChI is InChI=1S/C10H15Cl2NO2/c1-2-13-8(4-6-15)9(11)7(3-5-14)10(13)12/h14-15H,2-6H2,1H3. The molecule has 0 spiro atoms. The maximum absolute atomic E-state index is 8.93. The lowest BCUT2D eigenvalue weighted by Gasteiger charge is -2.06. The van der Waals surface area contributed by atoms with Crippen LogP contribution in [-0.4, -0.2) is 28.0 Å². The molecule has 3 nitrogen and oxygen atoms in total. The van der Waals surface area contributed by atoms with Crippen LogP contribution in [0.1, 0.15) is 18.2 Å². The molecule has 0 fully saturated rings. The molecule has 0 bridgehead atoms. The molecular formula is C10H15Cl2NO2. The summed E-state index contributed by atoms with van der Waals surface area (Å²) >= 11 is 12.3. The molecule has 0 radical (unpaired) electrons. The monoisotopic (exact) mass is 251 g/mol. The van der Waals surface area contributed by atoms with E-state index in [1.807, 2.05) is 11.5 Å². The highest BCUT2D eigenvalue weighted by atomic mass is 35.5. The Morgan fingerprint density at radius 1 is 1.13 bits per heavy atom. The van der Waals surface area contributed by atoms with Gasteiger partial charge in [-0.2, -0.15) is 0 Å². The summed E-state index contributed by atoms with van der Waals surface area (Å²) in [6.07, 6.45) is 0.931. The molecular weight excluding hydrogens is 237 g/mol. The van der Waals surface area contributed by atoms with Crippen LogP contribution in [0.5, 0.6) is 0 Å². The average molecular weight is 252 g/mol. The summed E-state index contributed by atoms with van der Waals surface area (Å²) in [5.41, 5.74) is 1.61. The molecule has 1 heterocycles. The number of aliphatic hydroxyl groups is 2. The first-order chi connectivity index (χ1) is 7.17. The number of aromatic nitrogens is 1. The van der Waals surface area contributed by atoms with Gasteiger partial charge in [-0.3, -0.25) is 0 Å². The number of hydrogen-bond acceptors (Lipinski definition) is 2. The molecule has 0 aromatic carbocycles. The third-order valence-electron chi connectivity index (χ3n) is 2.36. The van der Waals surface area contributed by atoms with Crippen LogP contribution in [-0.2, 0) is 19.4 Å². The quantitative estimate of drug-likeness (QED) is 0.840. The molecule has 0 aliphatic carbocycles. The van der Waals surface area contributed by atoms with Crippen LogP contribution in [0.2, 0.25) is 10.2 Å². The highest BCUT2D eigenvalue weighted by molar-refractivity contribution is 6.36. The Balaban J connectivity index is 3.18. The van der Waals surface area contributed by atoms with Crippen LogP contribution in [0.3, 0.4) is 0 Å². The summed E-state index contributed by atoms with van der Waals surface area (Å²) in [7, 11) is 0. The molecule has 0 saturated carbocycles. The Hall–Kier alpha value is -0.220. The van der Waals surface area contributed by atoms with Gasteiger partial charge in [-0.05, 0) is 6.92 Å². The van der Waals surface area contributed by atoms with Gasteiger partial charge in [-0.15, -0.1) is 0 Å². The molecule has 15 heavy (non-hydrogen) atoms. The van der Waals surface area contributed by atoms with E-state index >= 15 is 0 Å². The fourth-order valence-electron chi connectivity index (χ4n) is 1.67. The number of nitrogens with zero attached hydrogens (tertiary/aromatic N) is 1. The van der Waals surface area contributed by atoms with Crippen LogP contribution >= 0.6 is 23.2 Å². The van der Waals surface area contributed by atoms with Crippen molar-refractivity contribution >= 4 is 23.2 Å². The van der Waals surface area contributed by atoms with E-state index in [1.54, 1.807) is 0 Å². The van der Waals surface area contributed by atoms with Crippen LogP contribution in [0.4, 0.5) is 0 Å². The Morgan fingerprint density at radius 3 is 2.20 bits per heavy atom. The first-order valence-electron chi connectivity index (χ1n) is 4.94. The Labute approximate surface area is 99.2 Å². The highest BCUT2D eigenvalue weighted by Crippen LogP contribution is 2.32. The van der Waals surface area contributed by atoms with Gasteiger partial charge in [0.2, 0.25) is 0 Å². The maximum atomic E-state index is 8.93. The SMILES string of the molecule is CCn1c(Cl)c(CCO)c(Cl)c1CCO. The molecule has 1 aromatic heterocycles. The summed E-state index contributed by atoms with van der Waals surface area (Å²) in [5.74, 6) is 0. The second-order valence-corrected chi connectivity index (χ2v) is 3.96. The molecule has 2 N–H and O–H groups in total. The van der Waals surface area contributed by atoms with Crippen LogP contribution in [0.25, 0.3) is 0 Å². The third kappa shape index (κ3) is 2.48. The lowest BCUT2D eigenvalue weighted by Crippen LogP contribution is -2.03. The van der Waals surface area contributed by atoms with E-state index in [0.29, 0.717) is 29.6 Å². The van der Waals surface area contributed by atoms with Gasteiger partial charge in [0.1, 0.15) is 5.15 Å². The predicted octanol–water partition coefficient (Wildman–Crippen LogP) is 1.88. The molecule has 0 amide bonds. The van der Waals surface area contributed by atoms with Crippen molar-refractivity contribution < 1.29 is 10.2 Å². The van der Waals surface area contributed by atoms with Crippen LogP contribution in [0, 0.1) is 0 Å². The van der Waals surface area contributed by atoms with Gasteiger partial charge in [0.25, 0.3) is 0 Å². The van der Waals surface area contributed by atoms with Crippen molar-refractivity contribution in [1.82, 2.24) is 4.57 Å². The van der Waals surface area contributed by atoms with E-state index in [-0.39, 0.29) is 13.2 Å². The molecule has 1 rings (SSSR count). The van der Waals surface area contributed by atoms with E-state index in [9.17, 15) is 0 Å². The summed E-state index contributed by atoms with van der Waals surface area (Å²) in [6.45, 7) is 2.73. The zero-order valence-electron chi connectivity index (χ0n) is 8.63. The second kappa shape index (κ2) is 5.75. The topological polar surface area (TPSA) is 45.4 Å². The van der Waals surface area contributed by atoms with Gasteiger partial charge in [0, 0.05) is 43.9 Å². The van der Waals surface area contributed by atoms with Crippen molar-refractivity contribution in [3.05, 3.63) is 21.4 Å². The van der Waals surface area contributed by atoms with E-state index in [4.69, 9.17) is 33.4 Å². The molecule has 0 atom stereocenters. The zero-order valence-corrected chi connectivity index (χ0v) is 10.1. The van der Waals surface area contributed by atoms with Crippen molar-refractivity contribution in [3.8, 4) is 0 Å². The smallest absolute Gasteiger partial charge is 0.113 e. The van der Waals surface area contributed by atoms with E-state index in [0.717, 1.165) is 11.3 Å². The van der Waals surface area contributed by atoms with Gasteiger partial charge in [0.05, 0.1) is 5.02 Å². The van der Waals surface area contributed by atoms with Crippen molar-refractivity contribution in [2.45, 2.75) is 26.3 Å². The number of rotatable bonds is 5. The summed E-state index contributed by atoms with van der Waals surface area (Å²) in [4.78, 5) is 0. The minimum Gasteiger partial charge on any atom is -0.396 e. The predicted molar refractivity (Wildman–Crippen MR) is 61.7 cm³/mol. The third-order valence-corrected chi connectivity index (χ3v) is 3.24. The summed E-state index contributed by atoms with van der Waals surface area (Å²) < 4.78 is 1.87. The van der Waals surface area contributed by atoms with E-state index in [1.165, 1.54) is 0 Å². The molecule has 86 valence electrons. The number of aliphatic hydroxyl groups excluding tert-OH is 2. The second-order valence-electron chi connectivity index (χ2n) is 3.22.